The lowest BCUT2D eigenvalue weighted by atomic mass is 10.0. The first kappa shape index (κ1) is 15.2. The van der Waals surface area contributed by atoms with Crippen LogP contribution in [0.5, 0.6) is 0 Å². The van der Waals surface area contributed by atoms with Crippen LogP contribution in [0.25, 0.3) is 0 Å². The van der Waals surface area contributed by atoms with Gasteiger partial charge < -0.3 is 5.32 Å². The van der Waals surface area contributed by atoms with Crippen molar-refractivity contribution >= 4 is 26.0 Å². The molecule has 1 N–H and O–H groups in total. The summed E-state index contributed by atoms with van der Waals surface area (Å²) in [5.41, 5.74) is 5.89. The van der Waals surface area contributed by atoms with Crippen LogP contribution in [-0.4, -0.2) is 20.3 Å². The predicted octanol–water partition coefficient (Wildman–Crippen LogP) is 2.99. The molecular formula is C15H19NO2Si. The largest absolute Gasteiger partial charge is 0.325 e. The van der Waals surface area contributed by atoms with Crippen molar-refractivity contribution in [1.29, 1.82) is 0 Å². The number of nitrogens with one attached hydrogen (secondary N) is 1. The molecule has 0 saturated carbocycles. The molecule has 0 aliphatic heterocycles. The molecule has 0 aliphatic rings. The molecule has 100 valence electrons. The van der Waals surface area contributed by atoms with Gasteiger partial charge in [0.15, 0.2) is 6.29 Å². The zero-order chi connectivity index (χ0) is 14.6. The average Bonchev–Trinajstić information content (AvgIpc) is 2.24. The average molecular weight is 273 g/mol. The zero-order valence-corrected chi connectivity index (χ0v) is 13.0. The number of hydrogen-bond donors (Lipinski definition) is 1. The minimum absolute atomic E-state index is 0.168. The fourth-order valence-electron chi connectivity index (χ4n) is 1.59. The van der Waals surface area contributed by atoms with Crippen molar-refractivity contribution in [2.75, 3.05) is 5.32 Å². The monoisotopic (exact) mass is 273 g/mol. The molecular weight excluding hydrogens is 254 g/mol. The highest BCUT2D eigenvalue weighted by atomic mass is 28.3. The van der Waals surface area contributed by atoms with Crippen molar-refractivity contribution < 1.29 is 9.59 Å². The molecule has 0 unspecified atom stereocenters. The second-order valence-electron chi connectivity index (χ2n) is 5.58. The summed E-state index contributed by atoms with van der Waals surface area (Å²) < 4.78 is 0. The van der Waals surface area contributed by atoms with Crippen molar-refractivity contribution in [3.63, 3.8) is 0 Å². The molecule has 0 heterocycles. The van der Waals surface area contributed by atoms with Gasteiger partial charge in [-0.25, -0.2) is 0 Å². The Hall–Kier alpha value is -1.86. The Morgan fingerprint density at radius 2 is 1.95 bits per heavy atom. The lowest BCUT2D eigenvalue weighted by molar-refractivity contribution is -0.114. The fraction of sp³-hybridized carbons (Fsp3) is 0.333. The zero-order valence-electron chi connectivity index (χ0n) is 12.0. The third kappa shape index (κ3) is 4.72. The van der Waals surface area contributed by atoms with Gasteiger partial charge in [0.25, 0.3) is 0 Å². The third-order valence-corrected chi connectivity index (χ3v) is 3.19. The molecule has 0 saturated heterocycles. The standard InChI is InChI=1S/C15H19NO2Si/c1-11-8-13(10-17)14(6-7-19(3,4)5)15(9-11)16-12(2)18/h8-10H,1-5H3,(H,16,18). The highest BCUT2D eigenvalue weighted by Crippen LogP contribution is 2.21. The van der Waals surface area contributed by atoms with E-state index in [2.05, 4.69) is 36.4 Å². The van der Waals surface area contributed by atoms with Crippen molar-refractivity contribution in [3.05, 3.63) is 28.8 Å². The van der Waals surface area contributed by atoms with Gasteiger partial charge in [-0.15, -0.1) is 5.54 Å². The first-order valence-electron chi connectivity index (χ1n) is 6.13. The van der Waals surface area contributed by atoms with Gasteiger partial charge >= 0.3 is 0 Å². The maximum Gasteiger partial charge on any atom is 0.221 e. The molecule has 0 spiro atoms. The van der Waals surface area contributed by atoms with Crippen LogP contribution >= 0.6 is 0 Å². The number of hydrogen-bond acceptors (Lipinski definition) is 2. The lowest BCUT2D eigenvalue weighted by Gasteiger charge is -2.10. The van der Waals surface area contributed by atoms with Crippen LogP contribution in [0.3, 0.4) is 0 Å². The highest BCUT2D eigenvalue weighted by molar-refractivity contribution is 6.83. The highest BCUT2D eigenvalue weighted by Gasteiger charge is 2.11. The summed E-state index contributed by atoms with van der Waals surface area (Å²) in [6.45, 7) is 9.72. The summed E-state index contributed by atoms with van der Waals surface area (Å²) in [7, 11) is -1.54. The number of aldehydes is 1. The molecule has 1 rings (SSSR count). The molecule has 0 aliphatic carbocycles. The summed E-state index contributed by atoms with van der Waals surface area (Å²) in [6.07, 6.45) is 0.784. The van der Waals surface area contributed by atoms with Gasteiger partial charge in [-0.1, -0.05) is 25.6 Å². The van der Waals surface area contributed by atoms with E-state index in [0.29, 0.717) is 16.8 Å². The molecule has 1 aromatic carbocycles. The Labute approximate surface area is 115 Å². The van der Waals surface area contributed by atoms with Crippen molar-refractivity contribution in [2.24, 2.45) is 0 Å². The van der Waals surface area contributed by atoms with Crippen molar-refractivity contribution in [3.8, 4) is 11.5 Å². The summed E-state index contributed by atoms with van der Waals surface area (Å²) >= 11 is 0. The van der Waals surface area contributed by atoms with E-state index >= 15 is 0 Å². The van der Waals surface area contributed by atoms with Crippen molar-refractivity contribution in [2.45, 2.75) is 33.5 Å². The Kier molecular flexibility index (Phi) is 4.68. The van der Waals surface area contributed by atoms with E-state index in [1.807, 2.05) is 13.0 Å². The van der Waals surface area contributed by atoms with Crippen LogP contribution in [0, 0.1) is 18.4 Å². The van der Waals surface area contributed by atoms with E-state index in [1.54, 1.807) is 6.07 Å². The van der Waals surface area contributed by atoms with Gasteiger partial charge in [-0.2, -0.15) is 0 Å². The number of anilines is 1. The number of rotatable bonds is 2. The van der Waals surface area contributed by atoms with E-state index < -0.39 is 8.07 Å². The van der Waals surface area contributed by atoms with Gasteiger partial charge in [0.05, 0.1) is 11.3 Å². The number of carbonyl (C=O) groups is 2. The molecule has 0 fully saturated rings. The molecule has 4 heteroatoms. The normalized spacial score (nSPS) is 10.4. The van der Waals surface area contributed by atoms with Crippen LogP contribution in [-0.2, 0) is 4.79 Å². The molecule has 3 nitrogen and oxygen atoms in total. The van der Waals surface area contributed by atoms with Gasteiger partial charge in [-0.05, 0) is 24.6 Å². The minimum atomic E-state index is -1.54. The molecule has 0 atom stereocenters. The van der Waals surface area contributed by atoms with Gasteiger partial charge in [0, 0.05) is 12.5 Å². The molecule has 1 aromatic rings. The molecule has 19 heavy (non-hydrogen) atoms. The summed E-state index contributed by atoms with van der Waals surface area (Å²) in [4.78, 5) is 22.4. The van der Waals surface area contributed by atoms with Crippen LogP contribution in [0.2, 0.25) is 19.6 Å². The topological polar surface area (TPSA) is 46.2 Å². The van der Waals surface area contributed by atoms with E-state index in [0.717, 1.165) is 11.8 Å². The predicted molar refractivity (Wildman–Crippen MR) is 81.1 cm³/mol. The van der Waals surface area contributed by atoms with E-state index in [4.69, 9.17) is 0 Å². The molecule has 0 bridgehead atoms. The first-order valence-corrected chi connectivity index (χ1v) is 9.63. The van der Waals surface area contributed by atoms with Crippen LogP contribution in [0.15, 0.2) is 12.1 Å². The van der Waals surface area contributed by atoms with Crippen LogP contribution in [0.1, 0.15) is 28.4 Å². The van der Waals surface area contributed by atoms with Gasteiger partial charge in [0.1, 0.15) is 8.07 Å². The molecule has 0 radical (unpaired) electrons. The lowest BCUT2D eigenvalue weighted by Crippen LogP contribution is -2.16. The second-order valence-corrected chi connectivity index (χ2v) is 10.3. The number of amides is 1. The van der Waals surface area contributed by atoms with Gasteiger partial charge in [-0.3, -0.25) is 9.59 Å². The second kappa shape index (κ2) is 5.85. The maximum absolute atomic E-state index is 11.2. The Balaban J connectivity index is 3.43. The fourth-order valence-corrected chi connectivity index (χ4v) is 2.09. The van der Waals surface area contributed by atoms with E-state index in [9.17, 15) is 9.59 Å². The Morgan fingerprint density at radius 1 is 1.32 bits per heavy atom. The van der Waals surface area contributed by atoms with Crippen LogP contribution in [0.4, 0.5) is 5.69 Å². The van der Waals surface area contributed by atoms with E-state index in [1.165, 1.54) is 6.92 Å². The number of benzene rings is 1. The summed E-state index contributed by atoms with van der Waals surface area (Å²) in [5.74, 6) is 2.90. The van der Waals surface area contributed by atoms with Gasteiger partial charge in [0.2, 0.25) is 5.91 Å². The molecule has 1 amide bonds. The van der Waals surface area contributed by atoms with Crippen LogP contribution < -0.4 is 5.32 Å². The smallest absolute Gasteiger partial charge is 0.221 e. The minimum Gasteiger partial charge on any atom is -0.325 e. The first-order chi connectivity index (χ1) is 8.73. The number of carbonyl (C=O) groups excluding carboxylic acids is 2. The molecule has 0 aromatic heterocycles. The quantitative estimate of drug-likeness (QED) is 0.511. The summed E-state index contributed by atoms with van der Waals surface area (Å²) in [6, 6.07) is 3.62. The Bertz CT molecular complexity index is 574. The third-order valence-electron chi connectivity index (χ3n) is 2.31. The number of aryl methyl sites for hydroxylation is 1. The van der Waals surface area contributed by atoms with Crippen molar-refractivity contribution in [1.82, 2.24) is 0 Å². The summed E-state index contributed by atoms with van der Waals surface area (Å²) in [5, 5.41) is 2.74. The maximum atomic E-state index is 11.2. The van der Waals surface area contributed by atoms with E-state index in [-0.39, 0.29) is 5.91 Å². The Morgan fingerprint density at radius 3 is 2.42 bits per heavy atom. The SMILES string of the molecule is CC(=O)Nc1cc(C)cc(C=O)c1C#C[Si](C)(C)C.